The molecule has 24 heavy (non-hydrogen) atoms. The third-order valence-corrected chi connectivity index (χ3v) is 4.54. The Hall–Kier alpha value is -3.01. The summed E-state index contributed by atoms with van der Waals surface area (Å²) in [4.78, 5) is 4.30. The minimum atomic E-state index is 0.231. The van der Waals surface area contributed by atoms with Gasteiger partial charge in [-0.1, -0.05) is 49.0 Å². The monoisotopic (exact) mass is 316 g/mol. The largest absolute Gasteiger partial charge is 0.370 e. The summed E-state index contributed by atoms with van der Waals surface area (Å²) in [6, 6.07) is 16.9. The molecule has 1 atom stereocenters. The molecule has 4 heteroatoms. The van der Waals surface area contributed by atoms with Crippen LogP contribution in [0.3, 0.4) is 0 Å². The SMILES string of the molecule is C=C(NCC1c2ccccc2-c2cncn21)Nc1ccccc1C. The van der Waals surface area contributed by atoms with E-state index in [0.717, 1.165) is 18.1 Å². The second-order valence-corrected chi connectivity index (χ2v) is 6.09. The normalized spacial score (nSPS) is 14.8. The van der Waals surface area contributed by atoms with Gasteiger partial charge in [0.2, 0.25) is 0 Å². The molecule has 2 heterocycles. The van der Waals surface area contributed by atoms with Crippen LogP contribution in [0.25, 0.3) is 11.3 Å². The molecule has 4 nitrogen and oxygen atoms in total. The van der Waals surface area contributed by atoms with Gasteiger partial charge in [-0.25, -0.2) is 4.98 Å². The lowest BCUT2D eigenvalue weighted by Crippen LogP contribution is -2.26. The van der Waals surface area contributed by atoms with Gasteiger partial charge in [0, 0.05) is 17.8 Å². The minimum Gasteiger partial charge on any atom is -0.370 e. The molecular weight excluding hydrogens is 296 g/mol. The minimum absolute atomic E-state index is 0.231. The molecule has 0 aliphatic carbocycles. The molecule has 0 spiro atoms. The van der Waals surface area contributed by atoms with E-state index in [4.69, 9.17) is 0 Å². The first-order valence-corrected chi connectivity index (χ1v) is 8.10. The molecule has 120 valence electrons. The average Bonchev–Trinajstić information content (AvgIpc) is 3.16. The third kappa shape index (κ3) is 2.46. The van der Waals surface area contributed by atoms with Crippen molar-refractivity contribution in [2.75, 3.05) is 11.9 Å². The van der Waals surface area contributed by atoms with Crippen molar-refractivity contribution in [2.24, 2.45) is 0 Å². The first kappa shape index (κ1) is 14.6. The molecule has 0 amide bonds. The average molecular weight is 316 g/mol. The molecule has 2 aromatic carbocycles. The number of nitrogens with zero attached hydrogens (tertiary/aromatic N) is 2. The van der Waals surface area contributed by atoms with Gasteiger partial charge in [0.25, 0.3) is 0 Å². The highest BCUT2D eigenvalue weighted by atomic mass is 15.2. The van der Waals surface area contributed by atoms with Gasteiger partial charge < -0.3 is 15.2 Å². The van der Waals surface area contributed by atoms with Crippen LogP contribution in [0.4, 0.5) is 5.69 Å². The molecule has 1 unspecified atom stereocenters. The summed E-state index contributed by atoms with van der Waals surface area (Å²) in [6.07, 6.45) is 3.83. The molecule has 0 bridgehead atoms. The molecule has 2 N–H and O–H groups in total. The molecule has 1 aliphatic rings. The summed E-state index contributed by atoms with van der Waals surface area (Å²) >= 11 is 0. The van der Waals surface area contributed by atoms with Crippen molar-refractivity contribution in [3.63, 3.8) is 0 Å². The standard InChI is InChI=1S/C20H20N4/c1-14-7-3-6-10-18(14)23-15(2)22-12-20-17-9-5-4-8-16(17)19-11-21-13-24(19)20/h3-11,13,20,22-23H,2,12H2,1H3. The van der Waals surface area contributed by atoms with Gasteiger partial charge in [0.05, 0.1) is 30.1 Å². The van der Waals surface area contributed by atoms with Gasteiger partial charge in [-0.05, 0) is 24.1 Å². The van der Waals surface area contributed by atoms with E-state index < -0.39 is 0 Å². The lowest BCUT2D eigenvalue weighted by Gasteiger charge is -2.19. The van der Waals surface area contributed by atoms with Gasteiger partial charge >= 0.3 is 0 Å². The van der Waals surface area contributed by atoms with E-state index in [2.05, 4.69) is 70.1 Å². The molecule has 3 aromatic rings. The van der Waals surface area contributed by atoms with E-state index in [1.807, 2.05) is 24.7 Å². The lowest BCUT2D eigenvalue weighted by molar-refractivity contribution is 0.574. The number of aryl methyl sites for hydroxylation is 1. The fraction of sp³-hybridized carbons (Fsp3) is 0.150. The maximum absolute atomic E-state index is 4.30. The summed E-state index contributed by atoms with van der Waals surface area (Å²) in [5, 5.41) is 6.76. The first-order valence-electron chi connectivity index (χ1n) is 8.10. The number of benzene rings is 2. The Labute approximate surface area is 141 Å². The topological polar surface area (TPSA) is 41.9 Å². The molecule has 0 saturated carbocycles. The summed E-state index contributed by atoms with van der Waals surface area (Å²) in [6.45, 7) is 6.95. The smallest absolute Gasteiger partial charge is 0.0958 e. The van der Waals surface area contributed by atoms with Crippen LogP contribution in [0.1, 0.15) is 17.2 Å². The Morgan fingerprint density at radius 2 is 1.96 bits per heavy atom. The highest BCUT2D eigenvalue weighted by Gasteiger charge is 2.27. The van der Waals surface area contributed by atoms with Crippen LogP contribution in [0.5, 0.6) is 0 Å². The van der Waals surface area contributed by atoms with Crippen molar-refractivity contribution < 1.29 is 0 Å². The Morgan fingerprint density at radius 3 is 2.83 bits per heavy atom. The predicted molar refractivity (Wildman–Crippen MR) is 97.7 cm³/mol. The Balaban J connectivity index is 1.49. The number of rotatable bonds is 5. The molecule has 1 aromatic heterocycles. The zero-order valence-electron chi connectivity index (χ0n) is 13.7. The van der Waals surface area contributed by atoms with Crippen LogP contribution in [0.2, 0.25) is 0 Å². The zero-order chi connectivity index (χ0) is 16.5. The van der Waals surface area contributed by atoms with Gasteiger partial charge in [0.15, 0.2) is 0 Å². The number of hydrogen-bond donors (Lipinski definition) is 2. The Bertz CT molecular complexity index is 894. The van der Waals surface area contributed by atoms with Crippen LogP contribution < -0.4 is 10.6 Å². The van der Waals surface area contributed by atoms with Crippen LogP contribution in [-0.4, -0.2) is 16.1 Å². The second-order valence-electron chi connectivity index (χ2n) is 6.09. The number of anilines is 1. The van der Waals surface area contributed by atoms with E-state index in [1.54, 1.807) is 0 Å². The summed E-state index contributed by atoms with van der Waals surface area (Å²) < 4.78 is 2.22. The van der Waals surface area contributed by atoms with Gasteiger partial charge in [-0.15, -0.1) is 0 Å². The fourth-order valence-corrected chi connectivity index (χ4v) is 3.28. The van der Waals surface area contributed by atoms with Crippen LogP contribution in [0.15, 0.2) is 73.5 Å². The number of fused-ring (bicyclic) bond motifs is 3. The number of nitrogens with one attached hydrogen (secondary N) is 2. The van der Waals surface area contributed by atoms with Crippen molar-refractivity contribution in [3.05, 3.63) is 84.6 Å². The third-order valence-electron chi connectivity index (χ3n) is 4.54. The van der Waals surface area contributed by atoms with E-state index >= 15 is 0 Å². The summed E-state index contributed by atoms with van der Waals surface area (Å²) in [5.74, 6) is 0.801. The molecule has 4 rings (SSSR count). The van der Waals surface area contributed by atoms with Gasteiger partial charge in [0.1, 0.15) is 0 Å². The zero-order valence-corrected chi connectivity index (χ0v) is 13.7. The molecule has 0 saturated heterocycles. The first-order chi connectivity index (χ1) is 11.7. The Kier molecular flexibility index (Phi) is 3.58. The lowest BCUT2D eigenvalue weighted by atomic mass is 10.0. The maximum Gasteiger partial charge on any atom is 0.0958 e. The summed E-state index contributed by atoms with van der Waals surface area (Å²) in [7, 11) is 0. The van der Waals surface area contributed by atoms with Crippen molar-refractivity contribution in [1.29, 1.82) is 0 Å². The second kappa shape index (κ2) is 5.89. The molecule has 0 radical (unpaired) electrons. The predicted octanol–water partition coefficient (Wildman–Crippen LogP) is 3.93. The van der Waals surface area contributed by atoms with Gasteiger partial charge in [-0.2, -0.15) is 0 Å². The molecule has 1 aliphatic heterocycles. The van der Waals surface area contributed by atoms with Crippen molar-refractivity contribution >= 4 is 5.69 Å². The van der Waals surface area contributed by atoms with Crippen LogP contribution >= 0.6 is 0 Å². The summed E-state index contributed by atoms with van der Waals surface area (Å²) in [5.41, 5.74) is 6.04. The quantitative estimate of drug-likeness (QED) is 0.749. The van der Waals surface area contributed by atoms with E-state index in [-0.39, 0.29) is 6.04 Å². The van der Waals surface area contributed by atoms with Gasteiger partial charge in [-0.3, -0.25) is 0 Å². The van der Waals surface area contributed by atoms with E-state index in [9.17, 15) is 0 Å². The van der Waals surface area contributed by atoms with Crippen molar-refractivity contribution in [1.82, 2.24) is 14.9 Å². The number of hydrogen-bond acceptors (Lipinski definition) is 3. The van der Waals surface area contributed by atoms with E-state index in [0.29, 0.717) is 0 Å². The molecule has 0 fully saturated rings. The molecular formula is C20H20N4. The Morgan fingerprint density at radius 1 is 1.17 bits per heavy atom. The van der Waals surface area contributed by atoms with E-state index in [1.165, 1.54) is 22.4 Å². The number of para-hydroxylation sites is 1. The highest BCUT2D eigenvalue weighted by molar-refractivity contribution is 5.69. The fourth-order valence-electron chi connectivity index (χ4n) is 3.28. The maximum atomic E-state index is 4.30. The van der Waals surface area contributed by atoms with Crippen molar-refractivity contribution in [3.8, 4) is 11.3 Å². The van der Waals surface area contributed by atoms with Crippen LogP contribution in [0, 0.1) is 6.92 Å². The number of aromatic nitrogens is 2. The number of imidazole rings is 1. The highest BCUT2D eigenvalue weighted by Crippen LogP contribution is 2.38. The van der Waals surface area contributed by atoms with Crippen LogP contribution in [-0.2, 0) is 0 Å². The van der Waals surface area contributed by atoms with Crippen molar-refractivity contribution in [2.45, 2.75) is 13.0 Å².